The molecule has 0 spiro atoms. The van der Waals surface area contributed by atoms with Gasteiger partial charge in [-0.1, -0.05) is 61.3 Å². The van der Waals surface area contributed by atoms with Crippen LogP contribution in [0.25, 0.3) is 23.1 Å². The van der Waals surface area contributed by atoms with Crippen molar-refractivity contribution < 1.29 is 57.7 Å². The molecule has 0 saturated heterocycles. The number of rotatable bonds is 10. The van der Waals surface area contributed by atoms with Crippen molar-refractivity contribution in [3.63, 3.8) is 0 Å². The standard InChI is InChI=1S/C26H31Cl2N3.3H3O4P/c1-4-31(5-2)16-8-9-19(3)29-26-18-22(14-12-20-10-6-7-11-24(20)28)30-25-17-21(27)13-15-23(25)26;3*1-5(2,3)4/h6-7,10-15,17-19H,4-5,8-9,16H2,1-3H3,(H,29,30);3*(H3,1,2,3,4)/b14-12+;;;/t19-;;;/m1.../s1. The van der Waals surface area contributed by atoms with Crippen LogP contribution in [0.5, 0.6) is 0 Å². The second-order valence-electron chi connectivity index (χ2n) is 9.37. The number of phosphoric acid groups is 3. The fraction of sp³-hybridized carbons (Fsp3) is 0.346. The van der Waals surface area contributed by atoms with E-state index in [1.165, 1.54) is 6.42 Å². The summed E-state index contributed by atoms with van der Waals surface area (Å²) in [5.41, 5.74) is 3.80. The number of nitrogens with zero attached hydrogens (tertiary/aromatic N) is 2. The minimum absolute atomic E-state index is 0.359. The average Bonchev–Trinajstić information content (AvgIpc) is 2.87. The molecular weight excluding hydrogens is 710 g/mol. The topological polar surface area (TPSA) is 261 Å². The zero-order valence-electron chi connectivity index (χ0n) is 25.1. The molecule has 10 N–H and O–H groups in total. The molecule has 20 heteroatoms. The van der Waals surface area contributed by atoms with Gasteiger partial charge in [-0.25, -0.2) is 18.7 Å². The van der Waals surface area contributed by atoms with Crippen LogP contribution in [0, 0.1) is 0 Å². The molecule has 0 aliphatic heterocycles. The van der Waals surface area contributed by atoms with Gasteiger partial charge in [-0.3, -0.25) is 0 Å². The number of fused-ring (bicyclic) bond motifs is 1. The molecule has 1 atom stereocenters. The molecule has 46 heavy (non-hydrogen) atoms. The SMILES string of the molecule is CCN(CC)CCC[C@@H](C)Nc1cc(/C=C/c2ccccc2Cl)nc2cc(Cl)ccc12.O=P(O)(O)O.O=P(O)(O)O.O=P(O)(O)O. The Morgan fingerprint density at radius 2 is 1.35 bits per heavy atom. The Morgan fingerprint density at radius 3 is 1.85 bits per heavy atom. The summed E-state index contributed by atoms with van der Waals surface area (Å²) in [6, 6.07) is 16.1. The number of hydrogen-bond donors (Lipinski definition) is 10. The van der Waals surface area contributed by atoms with Gasteiger partial charge in [0.15, 0.2) is 0 Å². The lowest BCUT2D eigenvalue weighted by molar-refractivity contribution is 0.272. The van der Waals surface area contributed by atoms with Crippen LogP contribution in [0.2, 0.25) is 10.0 Å². The third-order valence-electron chi connectivity index (χ3n) is 5.54. The Hall–Kier alpha value is -1.74. The van der Waals surface area contributed by atoms with Gasteiger partial charge in [0.1, 0.15) is 0 Å². The van der Waals surface area contributed by atoms with Crippen LogP contribution in [0.4, 0.5) is 5.69 Å². The van der Waals surface area contributed by atoms with Crippen molar-refractivity contribution in [1.29, 1.82) is 0 Å². The van der Waals surface area contributed by atoms with Crippen molar-refractivity contribution in [3.05, 3.63) is 69.8 Å². The van der Waals surface area contributed by atoms with E-state index in [1.807, 2.05) is 54.6 Å². The highest BCUT2D eigenvalue weighted by atomic mass is 35.5. The minimum atomic E-state index is -4.64. The Labute approximate surface area is 276 Å². The Balaban J connectivity index is 0.00000112. The van der Waals surface area contributed by atoms with Gasteiger partial charge in [0.2, 0.25) is 0 Å². The number of halogens is 2. The predicted molar refractivity (Wildman–Crippen MR) is 180 cm³/mol. The van der Waals surface area contributed by atoms with Gasteiger partial charge in [0.25, 0.3) is 0 Å². The van der Waals surface area contributed by atoms with E-state index in [2.05, 4.69) is 37.1 Å². The lowest BCUT2D eigenvalue weighted by atomic mass is 10.1. The smallest absolute Gasteiger partial charge is 0.382 e. The first-order valence-corrected chi connectivity index (χ1v) is 18.8. The maximum atomic E-state index is 8.88. The first-order chi connectivity index (χ1) is 21.0. The molecule has 3 rings (SSSR count). The number of anilines is 1. The summed E-state index contributed by atoms with van der Waals surface area (Å²) in [5, 5.41) is 6.19. The van der Waals surface area contributed by atoms with E-state index in [0.717, 1.165) is 58.9 Å². The van der Waals surface area contributed by atoms with Gasteiger partial charge < -0.3 is 54.3 Å². The summed E-state index contributed by atoms with van der Waals surface area (Å²) in [4.78, 5) is 71.9. The summed E-state index contributed by atoms with van der Waals surface area (Å²) < 4.78 is 26.6. The van der Waals surface area contributed by atoms with Crippen LogP contribution in [0.3, 0.4) is 0 Å². The van der Waals surface area contributed by atoms with E-state index in [4.69, 9.17) is 85.9 Å². The van der Waals surface area contributed by atoms with Gasteiger partial charge in [-0.2, -0.15) is 0 Å². The summed E-state index contributed by atoms with van der Waals surface area (Å²) in [6.07, 6.45) is 6.28. The van der Waals surface area contributed by atoms with Crippen LogP contribution < -0.4 is 5.32 Å². The second-order valence-corrected chi connectivity index (χ2v) is 13.3. The second kappa shape index (κ2) is 21.3. The first kappa shape index (κ1) is 44.3. The van der Waals surface area contributed by atoms with Crippen LogP contribution in [0.15, 0.2) is 48.5 Å². The van der Waals surface area contributed by atoms with Crippen molar-refractivity contribution in [2.24, 2.45) is 0 Å². The highest BCUT2D eigenvalue weighted by Gasteiger charge is 2.10. The van der Waals surface area contributed by atoms with Crippen molar-refractivity contribution >= 4 is 75.4 Å². The van der Waals surface area contributed by atoms with Crippen LogP contribution >= 0.6 is 46.7 Å². The van der Waals surface area contributed by atoms with Gasteiger partial charge in [0, 0.05) is 27.2 Å². The quantitative estimate of drug-likeness (QED) is 0.124. The van der Waals surface area contributed by atoms with E-state index in [0.29, 0.717) is 11.1 Å². The molecule has 0 unspecified atom stereocenters. The molecule has 15 nitrogen and oxygen atoms in total. The van der Waals surface area contributed by atoms with E-state index in [-0.39, 0.29) is 0 Å². The molecule has 2 aromatic carbocycles. The number of nitrogens with one attached hydrogen (secondary N) is 1. The minimum Gasteiger partial charge on any atom is -0.382 e. The first-order valence-electron chi connectivity index (χ1n) is 13.4. The van der Waals surface area contributed by atoms with Crippen molar-refractivity contribution in [2.75, 3.05) is 25.0 Å². The molecular formula is C26H40Cl2N3O12P3. The van der Waals surface area contributed by atoms with Crippen LogP contribution in [-0.4, -0.2) is 79.6 Å². The zero-order valence-corrected chi connectivity index (χ0v) is 29.3. The summed E-state index contributed by atoms with van der Waals surface area (Å²) in [7, 11) is -13.9. The van der Waals surface area contributed by atoms with Gasteiger partial charge >= 0.3 is 23.5 Å². The van der Waals surface area contributed by atoms with Gasteiger partial charge in [-0.15, -0.1) is 0 Å². The molecule has 0 amide bonds. The monoisotopic (exact) mass is 749 g/mol. The molecule has 0 aliphatic rings. The summed E-state index contributed by atoms with van der Waals surface area (Å²) >= 11 is 12.5. The number of aromatic nitrogens is 1. The number of pyridine rings is 1. The average molecular weight is 750 g/mol. The fourth-order valence-corrected chi connectivity index (χ4v) is 4.08. The molecule has 0 radical (unpaired) electrons. The summed E-state index contributed by atoms with van der Waals surface area (Å²) in [5.74, 6) is 0. The highest BCUT2D eigenvalue weighted by molar-refractivity contribution is 7.45. The Morgan fingerprint density at radius 1 is 0.826 bits per heavy atom. The van der Waals surface area contributed by atoms with Crippen molar-refractivity contribution in [2.45, 2.75) is 39.7 Å². The van der Waals surface area contributed by atoms with E-state index in [1.54, 1.807) is 0 Å². The molecule has 1 heterocycles. The third-order valence-corrected chi connectivity index (χ3v) is 6.12. The molecule has 1 aromatic heterocycles. The van der Waals surface area contributed by atoms with Gasteiger partial charge in [-0.05, 0) is 81.4 Å². The van der Waals surface area contributed by atoms with E-state index < -0.39 is 23.5 Å². The summed E-state index contributed by atoms with van der Waals surface area (Å²) in [6.45, 7) is 10.0. The zero-order chi connectivity index (χ0) is 35.7. The molecule has 0 fully saturated rings. The third kappa shape index (κ3) is 25.4. The number of hydrogen-bond acceptors (Lipinski definition) is 6. The molecule has 0 bridgehead atoms. The lowest BCUT2D eigenvalue weighted by Gasteiger charge is -2.21. The van der Waals surface area contributed by atoms with E-state index in [9.17, 15) is 0 Å². The largest absolute Gasteiger partial charge is 0.466 e. The Kier molecular flexibility index (Phi) is 20.5. The number of benzene rings is 2. The fourth-order valence-electron chi connectivity index (χ4n) is 3.71. The lowest BCUT2D eigenvalue weighted by Crippen LogP contribution is -2.25. The van der Waals surface area contributed by atoms with Crippen molar-refractivity contribution in [3.8, 4) is 0 Å². The van der Waals surface area contributed by atoms with E-state index >= 15 is 0 Å². The Bertz CT molecular complexity index is 1460. The van der Waals surface area contributed by atoms with Crippen molar-refractivity contribution in [1.82, 2.24) is 9.88 Å². The predicted octanol–water partition coefficient (Wildman–Crippen LogP) is 4.85. The van der Waals surface area contributed by atoms with Gasteiger partial charge in [0.05, 0.1) is 11.2 Å². The highest BCUT2D eigenvalue weighted by Crippen LogP contribution is 2.29. The maximum Gasteiger partial charge on any atom is 0.466 e. The molecule has 260 valence electrons. The molecule has 3 aromatic rings. The maximum absolute atomic E-state index is 8.88. The normalized spacial score (nSPS) is 12.4. The molecule has 0 aliphatic carbocycles. The molecule has 0 saturated carbocycles. The van der Waals surface area contributed by atoms with Crippen LogP contribution in [0.1, 0.15) is 44.9 Å². The van der Waals surface area contributed by atoms with Crippen LogP contribution in [-0.2, 0) is 13.7 Å².